The summed E-state index contributed by atoms with van der Waals surface area (Å²) < 4.78 is 23.1. The fraction of sp³-hybridized carbons (Fsp3) is 0.364. The molecule has 0 aliphatic carbocycles. The Kier molecular flexibility index (Phi) is 4.80. The van der Waals surface area contributed by atoms with Gasteiger partial charge in [-0.15, -0.1) is 0 Å². The molecule has 0 heterocycles. The van der Waals surface area contributed by atoms with E-state index in [2.05, 4.69) is 21.2 Å². The monoisotopic (exact) mass is 353 g/mol. The number of amides is 1. The molecule has 0 aromatic heterocycles. The van der Waals surface area contributed by atoms with Crippen LogP contribution < -0.4 is 5.32 Å². The average molecular weight is 355 g/mol. The molecule has 0 unspecified atom stereocenters. The van der Waals surface area contributed by atoms with Crippen molar-refractivity contribution in [3.8, 4) is 0 Å². The first-order valence-corrected chi connectivity index (χ1v) is 8.29. The van der Waals surface area contributed by atoms with Gasteiger partial charge in [-0.25, -0.2) is 8.42 Å². The Bertz CT molecular complexity index is 584. The SMILES string of the molecule is Cc1c(Br)cc(S(=O)(=O)Cl)cc1C(=O)NC(C)C. The van der Waals surface area contributed by atoms with Gasteiger partial charge in [0, 0.05) is 26.8 Å². The fourth-order valence-corrected chi connectivity index (χ4v) is 2.77. The summed E-state index contributed by atoms with van der Waals surface area (Å²) in [6.45, 7) is 5.37. The van der Waals surface area contributed by atoms with Crippen LogP contribution in [0.2, 0.25) is 0 Å². The fourth-order valence-electron chi connectivity index (χ4n) is 1.37. The lowest BCUT2D eigenvalue weighted by atomic mass is 10.1. The second-order valence-electron chi connectivity index (χ2n) is 4.14. The zero-order chi connectivity index (χ0) is 14.1. The van der Waals surface area contributed by atoms with Crippen molar-refractivity contribution < 1.29 is 13.2 Å². The van der Waals surface area contributed by atoms with Gasteiger partial charge in [0.05, 0.1) is 4.90 Å². The van der Waals surface area contributed by atoms with Crippen molar-refractivity contribution in [3.05, 3.63) is 27.7 Å². The molecular weight excluding hydrogens is 342 g/mol. The summed E-state index contributed by atoms with van der Waals surface area (Å²) in [6, 6.07) is 2.62. The third kappa shape index (κ3) is 3.70. The van der Waals surface area contributed by atoms with Crippen molar-refractivity contribution in [2.24, 2.45) is 0 Å². The van der Waals surface area contributed by atoms with Crippen molar-refractivity contribution in [1.29, 1.82) is 0 Å². The summed E-state index contributed by atoms with van der Waals surface area (Å²) in [7, 11) is 1.42. The Morgan fingerprint density at radius 1 is 1.39 bits per heavy atom. The van der Waals surface area contributed by atoms with E-state index in [0.29, 0.717) is 10.0 Å². The summed E-state index contributed by atoms with van der Waals surface area (Å²) in [5, 5.41) is 2.71. The van der Waals surface area contributed by atoms with Crippen molar-refractivity contribution in [3.63, 3.8) is 0 Å². The highest BCUT2D eigenvalue weighted by Gasteiger charge is 2.18. The molecule has 0 aliphatic heterocycles. The molecule has 1 rings (SSSR count). The Balaban J connectivity index is 3.36. The van der Waals surface area contributed by atoms with E-state index in [1.807, 2.05) is 13.8 Å². The van der Waals surface area contributed by atoms with Gasteiger partial charge < -0.3 is 5.32 Å². The lowest BCUT2D eigenvalue weighted by Crippen LogP contribution is -2.30. The van der Waals surface area contributed by atoms with E-state index in [4.69, 9.17) is 10.7 Å². The van der Waals surface area contributed by atoms with Gasteiger partial charge in [0.25, 0.3) is 15.0 Å². The van der Waals surface area contributed by atoms with Gasteiger partial charge in [-0.2, -0.15) is 0 Å². The van der Waals surface area contributed by atoms with Gasteiger partial charge in [-0.3, -0.25) is 4.79 Å². The maximum Gasteiger partial charge on any atom is 0.261 e. The third-order valence-electron chi connectivity index (χ3n) is 2.26. The molecule has 0 radical (unpaired) electrons. The van der Waals surface area contributed by atoms with Crippen LogP contribution in [0.5, 0.6) is 0 Å². The first kappa shape index (κ1) is 15.5. The number of rotatable bonds is 3. The zero-order valence-corrected chi connectivity index (χ0v) is 13.3. The minimum Gasteiger partial charge on any atom is -0.350 e. The Labute approximate surface area is 119 Å². The van der Waals surface area contributed by atoms with Gasteiger partial charge >= 0.3 is 0 Å². The van der Waals surface area contributed by atoms with E-state index >= 15 is 0 Å². The van der Waals surface area contributed by atoms with Crippen LogP contribution >= 0.6 is 26.6 Å². The third-order valence-corrected chi connectivity index (χ3v) is 4.42. The maximum atomic E-state index is 11.9. The Morgan fingerprint density at radius 2 is 1.94 bits per heavy atom. The standard InChI is InChI=1S/C11H13BrClNO3S/c1-6(2)14-11(15)9-4-8(18(13,16)17)5-10(12)7(9)3/h4-6H,1-3H3,(H,14,15). The van der Waals surface area contributed by atoms with Crippen LogP contribution in [0.25, 0.3) is 0 Å². The van der Waals surface area contributed by atoms with Crippen molar-refractivity contribution in [2.45, 2.75) is 31.7 Å². The molecule has 0 aliphatic rings. The smallest absolute Gasteiger partial charge is 0.261 e. The van der Waals surface area contributed by atoms with Crippen LogP contribution in [-0.4, -0.2) is 20.4 Å². The van der Waals surface area contributed by atoms with Gasteiger partial charge in [-0.1, -0.05) is 15.9 Å². The van der Waals surface area contributed by atoms with Gasteiger partial charge in [-0.05, 0) is 38.5 Å². The summed E-state index contributed by atoms with van der Waals surface area (Å²) in [4.78, 5) is 11.8. The second-order valence-corrected chi connectivity index (χ2v) is 7.56. The molecule has 0 bridgehead atoms. The predicted octanol–water partition coefficient (Wildman–Crippen LogP) is 2.82. The van der Waals surface area contributed by atoms with E-state index in [0.717, 1.165) is 0 Å². The molecule has 7 heteroatoms. The van der Waals surface area contributed by atoms with E-state index in [9.17, 15) is 13.2 Å². The molecule has 1 aromatic rings. The molecular formula is C11H13BrClNO3S. The molecule has 1 amide bonds. The first-order valence-electron chi connectivity index (χ1n) is 5.18. The highest BCUT2D eigenvalue weighted by atomic mass is 79.9. The number of hydrogen-bond donors (Lipinski definition) is 1. The van der Waals surface area contributed by atoms with Crippen LogP contribution in [0, 0.1) is 6.92 Å². The van der Waals surface area contributed by atoms with Crippen LogP contribution in [0.3, 0.4) is 0 Å². The number of halogens is 2. The van der Waals surface area contributed by atoms with Crippen LogP contribution in [0.15, 0.2) is 21.5 Å². The van der Waals surface area contributed by atoms with Gasteiger partial charge in [0.15, 0.2) is 0 Å². The van der Waals surface area contributed by atoms with E-state index < -0.39 is 9.05 Å². The average Bonchev–Trinajstić information content (AvgIpc) is 2.18. The number of benzene rings is 1. The van der Waals surface area contributed by atoms with Crippen LogP contribution in [0.1, 0.15) is 29.8 Å². The molecule has 4 nitrogen and oxygen atoms in total. The lowest BCUT2D eigenvalue weighted by molar-refractivity contribution is 0.0942. The Hall–Kier alpha value is -0.590. The summed E-state index contributed by atoms with van der Waals surface area (Å²) in [5.74, 6) is -0.328. The second kappa shape index (κ2) is 5.59. The molecule has 0 atom stereocenters. The molecule has 1 N–H and O–H groups in total. The van der Waals surface area contributed by atoms with Gasteiger partial charge in [0.2, 0.25) is 0 Å². The molecule has 0 spiro atoms. The number of carbonyl (C=O) groups is 1. The minimum absolute atomic E-state index is 0.0352. The zero-order valence-electron chi connectivity index (χ0n) is 10.1. The minimum atomic E-state index is -3.86. The van der Waals surface area contributed by atoms with Crippen LogP contribution in [0.4, 0.5) is 0 Å². The summed E-state index contributed by atoms with van der Waals surface area (Å²) >= 11 is 3.22. The largest absolute Gasteiger partial charge is 0.350 e. The highest BCUT2D eigenvalue weighted by Crippen LogP contribution is 2.26. The highest BCUT2D eigenvalue weighted by molar-refractivity contribution is 9.10. The van der Waals surface area contributed by atoms with E-state index in [1.54, 1.807) is 6.92 Å². The van der Waals surface area contributed by atoms with Gasteiger partial charge in [0.1, 0.15) is 0 Å². The number of nitrogens with one attached hydrogen (secondary N) is 1. The van der Waals surface area contributed by atoms with E-state index in [-0.39, 0.29) is 22.4 Å². The van der Waals surface area contributed by atoms with Crippen molar-refractivity contribution in [1.82, 2.24) is 5.32 Å². The predicted molar refractivity (Wildman–Crippen MR) is 74.5 cm³/mol. The normalized spacial score (nSPS) is 11.7. The van der Waals surface area contributed by atoms with Crippen LogP contribution in [-0.2, 0) is 9.05 Å². The lowest BCUT2D eigenvalue weighted by Gasteiger charge is -2.12. The van der Waals surface area contributed by atoms with Crippen molar-refractivity contribution >= 4 is 41.6 Å². The number of carbonyl (C=O) groups excluding carboxylic acids is 1. The summed E-state index contributed by atoms with van der Waals surface area (Å²) in [5.41, 5.74) is 0.953. The maximum absolute atomic E-state index is 11.9. The molecule has 18 heavy (non-hydrogen) atoms. The molecule has 0 saturated heterocycles. The molecule has 100 valence electrons. The summed E-state index contributed by atoms with van der Waals surface area (Å²) in [6.07, 6.45) is 0. The van der Waals surface area contributed by atoms with E-state index in [1.165, 1.54) is 12.1 Å². The van der Waals surface area contributed by atoms with Crippen molar-refractivity contribution in [2.75, 3.05) is 0 Å². The number of hydrogen-bond acceptors (Lipinski definition) is 3. The molecule has 0 saturated carbocycles. The quantitative estimate of drug-likeness (QED) is 0.849. The first-order chi connectivity index (χ1) is 8.12. The topological polar surface area (TPSA) is 63.2 Å². The molecule has 1 aromatic carbocycles. The Morgan fingerprint density at radius 3 is 2.39 bits per heavy atom. The molecule has 0 fully saturated rings.